The quantitative estimate of drug-likeness (QED) is 0.823. The Morgan fingerprint density at radius 3 is 3.06 bits per heavy atom. The average molecular weight is 239 g/mol. The number of rotatable bonds is 2. The highest BCUT2D eigenvalue weighted by atomic mass is 32.1. The Hall–Kier alpha value is -0.940. The molecule has 4 nitrogen and oxygen atoms in total. The fourth-order valence-electron chi connectivity index (χ4n) is 1.70. The van der Waals surface area contributed by atoms with Crippen molar-refractivity contribution in [2.75, 3.05) is 5.32 Å². The number of hydrogen-bond donors (Lipinski definition) is 2. The Kier molecular flexibility index (Phi) is 3.25. The average Bonchev–Trinajstić information content (AvgIpc) is 2.58. The number of nitrogens with two attached hydrogens (primary N) is 1. The topological polar surface area (TPSA) is 68.0 Å². The lowest BCUT2D eigenvalue weighted by molar-refractivity contribution is -0.118. The Morgan fingerprint density at radius 1 is 1.62 bits per heavy atom. The normalized spacial score (nSPS) is 19.6. The number of amides is 1. The Morgan fingerprint density at radius 2 is 2.38 bits per heavy atom. The summed E-state index contributed by atoms with van der Waals surface area (Å²) in [5.74, 6) is 0.0126. The SMILES string of the molecule is CC(C)C(=O)Nc1nc2c(s1)C[C@@H](N)CC2. The number of aromatic nitrogens is 1. The zero-order valence-corrected chi connectivity index (χ0v) is 10.4. The lowest BCUT2D eigenvalue weighted by Crippen LogP contribution is -2.27. The minimum absolute atomic E-state index is 0.0109. The first-order valence-electron chi connectivity index (χ1n) is 5.61. The molecule has 0 bridgehead atoms. The van der Waals surface area contributed by atoms with E-state index >= 15 is 0 Å². The van der Waals surface area contributed by atoms with Crippen LogP contribution < -0.4 is 11.1 Å². The van der Waals surface area contributed by atoms with Gasteiger partial charge in [-0.25, -0.2) is 4.98 Å². The van der Waals surface area contributed by atoms with Crippen LogP contribution in [0.1, 0.15) is 30.8 Å². The standard InChI is InChI=1S/C11H17N3OS/c1-6(2)10(15)14-11-13-8-4-3-7(12)5-9(8)16-11/h6-7H,3-5,12H2,1-2H3,(H,13,14,15)/t7-/m0/s1. The summed E-state index contributed by atoms with van der Waals surface area (Å²) < 4.78 is 0. The van der Waals surface area contributed by atoms with Crippen LogP contribution in [0.25, 0.3) is 0 Å². The van der Waals surface area contributed by atoms with Gasteiger partial charge >= 0.3 is 0 Å². The van der Waals surface area contributed by atoms with Gasteiger partial charge in [-0.15, -0.1) is 11.3 Å². The van der Waals surface area contributed by atoms with Gasteiger partial charge in [0, 0.05) is 16.8 Å². The van der Waals surface area contributed by atoms with Crippen LogP contribution in [0, 0.1) is 5.92 Å². The van der Waals surface area contributed by atoms with E-state index in [0.29, 0.717) is 0 Å². The summed E-state index contributed by atoms with van der Waals surface area (Å²) in [4.78, 5) is 17.2. The molecule has 0 saturated heterocycles. The highest BCUT2D eigenvalue weighted by Gasteiger charge is 2.21. The maximum absolute atomic E-state index is 11.5. The number of aryl methyl sites for hydroxylation is 1. The Balaban J connectivity index is 2.10. The summed E-state index contributed by atoms with van der Waals surface area (Å²) in [6.45, 7) is 3.75. The largest absolute Gasteiger partial charge is 0.327 e. The minimum Gasteiger partial charge on any atom is -0.327 e. The van der Waals surface area contributed by atoms with Crippen LogP contribution in [0.2, 0.25) is 0 Å². The van der Waals surface area contributed by atoms with Gasteiger partial charge in [0.25, 0.3) is 0 Å². The predicted octanol–water partition coefficient (Wildman–Crippen LogP) is 1.55. The van der Waals surface area contributed by atoms with E-state index in [0.717, 1.165) is 30.1 Å². The molecule has 1 aliphatic rings. The van der Waals surface area contributed by atoms with Crippen molar-refractivity contribution < 1.29 is 4.79 Å². The first-order valence-corrected chi connectivity index (χ1v) is 6.43. The van der Waals surface area contributed by atoms with Crippen molar-refractivity contribution >= 4 is 22.4 Å². The number of nitrogens with one attached hydrogen (secondary N) is 1. The Bertz CT molecular complexity index is 400. The summed E-state index contributed by atoms with van der Waals surface area (Å²) >= 11 is 1.56. The van der Waals surface area contributed by atoms with Crippen molar-refractivity contribution in [2.45, 2.75) is 39.2 Å². The van der Waals surface area contributed by atoms with E-state index in [-0.39, 0.29) is 17.9 Å². The first-order chi connectivity index (χ1) is 7.56. The van der Waals surface area contributed by atoms with Crippen LogP contribution >= 0.6 is 11.3 Å². The Labute approximate surface area is 99.3 Å². The molecule has 0 spiro atoms. The lowest BCUT2D eigenvalue weighted by Gasteiger charge is -2.15. The molecule has 16 heavy (non-hydrogen) atoms. The van der Waals surface area contributed by atoms with Gasteiger partial charge in [0.05, 0.1) is 5.69 Å². The number of hydrogen-bond acceptors (Lipinski definition) is 4. The molecule has 0 radical (unpaired) electrons. The van der Waals surface area contributed by atoms with E-state index in [2.05, 4.69) is 10.3 Å². The van der Waals surface area contributed by atoms with Gasteiger partial charge in [-0.3, -0.25) is 4.79 Å². The molecule has 0 unspecified atom stereocenters. The smallest absolute Gasteiger partial charge is 0.228 e. The first kappa shape index (κ1) is 11.5. The molecular weight excluding hydrogens is 222 g/mol. The predicted molar refractivity (Wildman–Crippen MR) is 65.6 cm³/mol. The molecular formula is C11H17N3OS. The van der Waals surface area contributed by atoms with Crippen LogP contribution in [-0.4, -0.2) is 16.9 Å². The molecule has 0 saturated carbocycles. The number of anilines is 1. The van der Waals surface area contributed by atoms with Gasteiger partial charge < -0.3 is 11.1 Å². The van der Waals surface area contributed by atoms with Gasteiger partial charge in [-0.2, -0.15) is 0 Å². The second kappa shape index (κ2) is 4.51. The van der Waals surface area contributed by atoms with E-state index in [1.165, 1.54) is 4.88 Å². The number of carbonyl (C=O) groups is 1. The lowest BCUT2D eigenvalue weighted by atomic mass is 9.99. The molecule has 0 fully saturated rings. The number of thiazole rings is 1. The number of nitrogens with zero attached hydrogens (tertiary/aromatic N) is 1. The summed E-state index contributed by atoms with van der Waals surface area (Å²) in [6, 6.07) is 0.251. The summed E-state index contributed by atoms with van der Waals surface area (Å²) in [6.07, 6.45) is 2.82. The van der Waals surface area contributed by atoms with Crippen LogP contribution in [0.3, 0.4) is 0 Å². The van der Waals surface area contributed by atoms with Crippen LogP contribution in [-0.2, 0) is 17.6 Å². The molecule has 1 aliphatic carbocycles. The zero-order valence-electron chi connectivity index (χ0n) is 9.62. The third kappa shape index (κ3) is 2.41. The fraction of sp³-hybridized carbons (Fsp3) is 0.636. The van der Waals surface area contributed by atoms with Gasteiger partial charge in [-0.05, 0) is 19.3 Å². The molecule has 0 aromatic carbocycles. The van der Waals surface area contributed by atoms with Crippen LogP contribution in [0.15, 0.2) is 0 Å². The molecule has 5 heteroatoms. The molecule has 1 atom stereocenters. The highest BCUT2D eigenvalue weighted by molar-refractivity contribution is 7.15. The number of carbonyl (C=O) groups excluding carboxylic acids is 1. The van der Waals surface area contributed by atoms with E-state index in [1.807, 2.05) is 13.8 Å². The minimum atomic E-state index is -0.0109. The summed E-state index contributed by atoms with van der Waals surface area (Å²) in [5.41, 5.74) is 7.02. The maximum atomic E-state index is 11.5. The van der Waals surface area contributed by atoms with Crippen LogP contribution in [0.5, 0.6) is 0 Å². The second-order valence-electron chi connectivity index (χ2n) is 4.54. The molecule has 3 N–H and O–H groups in total. The van der Waals surface area contributed by atoms with Crippen molar-refractivity contribution in [3.05, 3.63) is 10.6 Å². The number of fused-ring (bicyclic) bond motifs is 1. The monoisotopic (exact) mass is 239 g/mol. The summed E-state index contributed by atoms with van der Waals surface area (Å²) in [7, 11) is 0. The maximum Gasteiger partial charge on any atom is 0.228 e. The fourth-order valence-corrected chi connectivity index (χ4v) is 2.81. The van der Waals surface area contributed by atoms with Gasteiger partial charge in [-0.1, -0.05) is 13.8 Å². The van der Waals surface area contributed by atoms with E-state index in [9.17, 15) is 4.79 Å². The molecule has 1 amide bonds. The van der Waals surface area contributed by atoms with Crippen molar-refractivity contribution in [1.82, 2.24) is 4.98 Å². The van der Waals surface area contributed by atoms with Crippen molar-refractivity contribution in [3.8, 4) is 0 Å². The van der Waals surface area contributed by atoms with Gasteiger partial charge in [0.1, 0.15) is 0 Å². The van der Waals surface area contributed by atoms with Gasteiger partial charge in [0.2, 0.25) is 5.91 Å². The van der Waals surface area contributed by atoms with E-state index < -0.39 is 0 Å². The molecule has 1 aromatic rings. The van der Waals surface area contributed by atoms with Crippen LogP contribution in [0.4, 0.5) is 5.13 Å². The second-order valence-corrected chi connectivity index (χ2v) is 5.62. The third-order valence-corrected chi connectivity index (χ3v) is 3.77. The van der Waals surface area contributed by atoms with Crippen molar-refractivity contribution in [2.24, 2.45) is 11.7 Å². The molecule has 2 rings (SSSR count). The van der Waals surface area contributed by atoms with E-state index in [1.54, 1.807) is 11.3 Å². The van der Waals surface area contributed by atoms with Crippen molar-refractivity contribution in [1.29, 1.82) is 0 Å². The molecule has 1 heterocycles. The molecule has 0 aliphatic heterocycles. The highest BCUT2D eigenvalue weighted by Crippen LogP contribution is 2.29. The van der Waals surface area contributed by atoms with Gasteiger partial charge in [0.15, 0.2) is 5.13 Å². The zero-order chi connectivity index (χ0) is 11.7. The summed E-state index contributed by atoms with van der Waals surface area (Å²) in [5, 5.41) is 3.56. The molecule has 88 valence electrons. The third-order valence-electron chi connectivity index (χ3n) is 2.73. The molecule has 1 aromatic heterocycles. The van der Waals surface area contributed by atoms with Crippen molar-refractivity contribution in [3.63, 3.8) is 0 Å². The van der Waals surface area contributed by atoms with E-state index in [4.69, 9.17) is 5.73 Å².